The molecular weight excluding hydrogens is 446 g/mol. The fraction of sp³-hybridized carbons (Fsp3) is 0.667. The summed E-state index contributed by atoms with van der Waals surface area (Å²) in [7, 11) is 1.38. The molecule has 0 aliphatic carbocycles. The van der Waals surface area contributed by atoms with Gasteiger partial charge in [-0.3, -0.25) is 9.59 Å². The van der Waals surface area contributed by atoms with Crippen LogP contribution < -0.4 is 5.32 Å². The van der Waals surface area contributed by atoms with Gasteiger partial charge in [-0.2, -0.15) is 0 Å². The van der Waals surface area contributed by atoms with Gasteiger partial charge in [0.25, 0.3) is 5.91 Å². The maximum atomic E-state index is 12.7. The Morgan fingerprint density at radius 2 is 1.74 bits per heavy atom. The lowest BCUT2D eigenvalue weighted by molar-refractivity contribution is -0.269. The first-order chi connectivity index (χ1) is 16.3. The first-order valence-electron chi connectivity index (χ1n) is 11.7. The van der Waals surface area contributed by atoms with Gasteiger partial charge in [0.05, 0.1) is 19.3 Å². The molecule has 3 unspecified atom stereocenters. The van der Waals surface area contributed by atoms with Crippen molar-refractivity contribution in [3.8, 4) is 5.75 Å². The number of aromatic hydroxyl groups is 1. The molecule has 0 aromatic heterocycles. The number of aliphatic hydroxyl groups excluding tert-OH is 3. The van der Waals surface area contributed by atoms with Gasteiger partial charge in [0.1, 0.15) is 30.1 Å². The van der Waals surface area contributed by atoms with E-state index < -0.39 is 43.2 Å². The molecule has 10 nitrogen and oxygen atoms in total. The standard InChI is InChI=1S/C24H37NO9/c1-15-10-11-17(27)16(13-15)23(31)25-20-22(30)21(29)18(14-26)34-24(20)33-12-8-6-4-3-5-7-9-19(28)32-2/h10-11,13,18,20-22,24,26-27,29-30H,3-9,12,14H2,1-2H3,(H,25,31)/t18?,20?,21-,22?,24-/m1/s1. The van der Waals surface area contributed by atoms with E-state index in [-0.39, 0.29) is 23.9 Å². The lowest BCUT2D eigenvalue weighted by atomic mass is 9.96. The quantitative estimate of drug-likeness (QED) is 0.205. The average molecular weight is 484 g/mol. The predicted octanol–water partition coefficient (Wildman–Crippen LogP) is 1.16. The van der Waals surface area contributed by atoms with Crippen LogP contribution in [0.15, 0.2) is 18.2 Å². The van der Waals surface area contributed by atoms with Gasteiger partial charge in [-0.1, -0.05) is 37.3 Å². The van der Waals surface area contributed by atoms with Crippen LogP contribution in [-0.2, 0) is 19.0 Å². The number of rotatable bonds is 13. The molecule has 5 atom stereocenters. The van der Waals surface area contributed by atoms with Gasteiger partial charge < -0.3 is 40.0 Å². The number of nitrogens with one attached hydrogen (secondary N) is 1. The number of carbonyl (C=O) groups is 2. The summed E-state index contributed by atoms with van der Waals surface area (Å²) in [6.07, 6.45) is 0.661. The van der Waals surface area contributed by atoms with E-state index in [0.717, 1.165) is 37.7 Å². The van der Waals surface area contributed by atoms with Gasteiger partial charge in [-0.15, -0.1) is 0 Å². The highest BCUT2D eigenvalue weighted by molar-refractivity contribution is 5.97. The van der Waals surface area contributed by atoms with Crippen molar-refractivity contribution in [2.24, 2.45) is 0 Å². The molecule has 5 N–H and O–H groups in total. The van der Waals surface area contributed by atoms with Gasteiger partial charge in [-0.05, 0) is 31.9 Å². The number of aryl methyl sites for hydroxylation is 1. The molecule has 1 amide bonds. The van der Waals surface area contributed by atoms with Gasteiger partial charge >= 0.3 is 5.97 Å². The molecule has 0 saturated carbocycles. The van der Waals surface area contributed by atoms with Gasteiger partial charge in [0.2, 0.25) is 0 Å². The lowest BCUT2D eigenvalue weighted by Crippen LogP contribution is -2.64. The fourth-order valence-corrected chi connectivity index (χ4v) is 3.82. The molecule has 1 heterocycles. The zero-order valence-corrected chi connectivity index (χ0v) is 19.8. The number of esters is 1. The molecule has 0 bridgehead atoms. The van der Waals surface area contributed by atoms with Crippen molar-refractivity contribution in [2.45, 2.75) is 82.5 Å². The first-order valence-corrected chi connectivity index (χ1v) is 11.7. The first kappa shape index (κ1) is 28.0. The number of hydrogen-bond donors (Lipinski definition) is 5. The van der Waals surface area contributed by atoms with E-state index in [0.29, 0.717) is 12.8 Å². The van der Waals surface area contributed by atoms with Crippen LogP contribution in [0.2, 0.25) is 0 Å². The SMILES string of the molecule is COC(=O)CCCCCCCCO[C@@H]1OC(CO)[C@@H](O)C(O)C1NC(=O)c1cc(C)ccc1O. The minimum Gasteiger partial charge on any atom is -0.507 e. The van der Waals surface area contributed by atoms with Crippen molar-refractivity contribution >= 4 is 11.9 Å². The van der Waals surface area contributed by atoms with E-state index in [9.17, 15) is 30.0 Å². The number of hydrogen-bond acceptors (Lipinski definition) is 9. The smallest absolute Gasteiger partial charge is 0.305 e. The number of ether oxygens (including phenoxy) is 3. The minimum absolute atomic E-state index is 0.0249. The zero-order chi connectivity index (χ0) is 25.1. The molecule has 10 heteroatoms. The maximum Gasteiger partial charge on any atom is 0.305 e. The Kier molecular flexibility index (Phi) is 11.7. The molecule has 0 radical (unpaired) electrons. The maximum absolute atomic E-state index is 12.7. The summed E-state index contributed by atoms with van der Waals surface area (Å²) >= 11 is 0. The summed E-state index contributed by atoms with van der Waals surface area (Å²) in [6.45, 7) is 1.54. The highest BCUT2D eigenvalue weighted by Crippen LogP contribution is 2.24. The predicted molar refractivity (Wildman–Crippen MR) is 122 cm³/mol. The Morgan fingerprint density at radius 1 is 1.06 bits per heavy atom. The van der Waals surface area contributed by atoms with Crippen molar-refractivity contribution in [3.05, 3.63) is 29.3 Å². The summed E-state index contributed by atoms with van der Waals surface area (Å²) in [5.41, 5.74) is 0.791. The number of methoxy groups -OCH3 is 1. The Bertz CT molecular complexity index is 788. The molecule has 34 heavy (non-hydrogen) atoms. The number of aliphatic hydroxyl groups is 3. The van der Waals surface area contributed by atoms with Crippen molar-refractivity contribution < 1.29 is 44.2 Å². The second kappa shape index (κ2) is 14.2. The van der Waals surface area contributed by atoms with Crippen LogP contribution in [0.1, 0.15) is 60.9 Å². The highest BCUT2D eigenvalue weighted by Gasteiger charge is 2.45. The number of phenolic OH excluding ortho intramolecular Hbond substituents is 1. The molecule has 1 saturated heterocycles. The third kappa shape index (κ3) is 8.21. The molecule has 1 aromatic rings. The number of unbranched alkanes of at least 4 members (excludes halogenated alkanes) is 5. The van der Waals surface area contributed by atoms with Crippen molar-refractivity contribution in [1.29, 1.82) is 0 Å². The van der Waals surface area contributed by atoms with E-state index in [1.165, 1.54) is 19.2 Å². The Hall–Kier alpha value is -2.24. The van der Waals surface area contributed by atoms with E-state index in [4.69, 9.17) is 9.47 Å². The monoisotopic (exact) mass is 483 g/mol. The minimum atomic E-state index is -1.44. The molecule has 1 aliphatic rings. The average Bonchev–Trinajstić information content (AvgIpc) is 2.83. The van der Waals surface area contributed by atoms with E-state index in [1.807, 2.05) is 0 Å². The van der Waals surface area contributed by atoms with Crippen LogP contribution in [-0.4, -0.2) is 83.3 Å². The number of benzene rings is 1. The van der Waals surface area contributed by atoms with Gasteiger partial charge in [0.15, 0.2) is 6.29 Å². The molecule has 1 fully saturated rings. The molecule has 1 aliphatic heterocycles. The zero-order valence-electron chi connectivity index (χ0n) is 19.8. The summed E-state index contributed by atoms with van der Waals surface area (Å²) in [5, 5.41) is 42.9. The van der Waals surface area contributed by atoms with E-state index >= 15 is 0 Å². The highest BCUT2D eigenvalue weighted by atomic mass is 16.7. The van der Waals surface area contributed by atoms with E-state index in [1.54, 1.807) is 13.0 Å². The number of carbonyl (C=O) groups excluding carboxylic acids is 2. The van der Waals surface area contributed by atoms with Crippen LogP contribution in [0.25, 0.3) is 0 Å². The molecular formula is C24H37NO9. The number of amides is 1. The van der Waals surface area contributed by atoms with Gasteiger partial charge in [0, 0.05) is 13.0 Å². The second-order valence-corrected chi connectivity index (χ2v) is 8.54. The van der Waals surface area contributed by atoms with Crippen LogP contribution in [0.4, 0.5) is 0 Å². The molecule has 2 rings (SSSR count). The third-order valence-corrected chi connectivity index (χ3v) is 5.86. The van der Waals surface area contributed by atoms with Crippen LogP contribution in [0.5, 0.6) is 5.75 Å². The summed E-state index contributed by atoms with van der Waals surface area (Å²) in [4.78, 5) is 23.8. The van der Waals surface area contributed by atoms with E-state index in [2.05, 4.69) is 10.1 Å². The largest absolute Gasteiger partial charge is 0.507 e. The number of phenols is 1. The van der Waals surface area contributed by atoms with Crippen molar-refractivity contribution in [2.75, 3.05) is 20.3 Å². The second-order valence-electron chi connectivity index (χ2n) is 8.54. The third-order valence-electron chi connectivity index (χ3n) is 5.86. The van der Waals surface area contributed by atoms with Crippen molar-refractivity contribution in [3.63, 3.8) is 0 Å². The Balaban J connectivity index is 1.87. The summed E-state index contributed by atoms with van der Waals surface area (Å²) in [5.74, 6) is -1.06. The van der Waals surface area contributed by atoms with Crippen LogP contribution in [0, 0.1) is 6.92 Å². The summed E-state index contributed by atoms with van der Waals surface area (Å²) in [6, 6.07) is 3.46. The van der Waals surface area contributed by atoms with Crippen LogP contribution in [0.3, 0.4) is 0 Å². The van der Waals surface area contributed by atoms with Crippen molar-refractivity contribution in [1.82, 2.24) is 5.32 Å². The molecule has 0 spiro atoms. The van der Waals surface area contributed by atoms with Crippen LogP contribution >= 0.6 is 0 Å². The normalized spacial score (nSPS) is 24.6. The van der Waals surface area contributed by atoms with Gasteiger partial charge in [-0.25, -0.2) is 0 Å². The topological polar surface area (TPSA) is 155 Å². The fourth-order valence-electron chi connectivity index (χ4n) is 3.82. The summed E-state index contributed by atoms with van der Waals surface area (Å²) < 4.78 is 16.0. The lowest BCUT2D eigenvalue weighted by Gasteiger charge is -2.42. The molecule has 1 aromatic carbocycles. The Morgan fingerprint density at radius 3 is 2.41 bits per heavy atom. The molecule has 192 valence electrons. The Labute approximate surface area is 199 Å².